The Balaban J connectivity index is 1.38. The first-order valence-electron chi connectivity index (χ1n) is 14.4. The van der Waals surface area contributed by atoms with E-state index in [0.29, 0.717) is 0 Å². The highest BCUT2D eigenvalue weighted by Gasteiger charge is 2.27. The monoisotopic (exact) mass is 551 g/mol. The molecule has 0 atom stereocenters. The maximum absolute atomic E-state index is 2.43. The van der Waals surface area contributed by atoms with E-state index in [0.717, 1.165) is 11.4 Å². The lowest BCUT2D eigenvalue weighted by Crippen LogP contribution is -2.11. The SMILES string of the molecule is c1ccc(-c2ccc(N(c3ccccc3)c3ccc4sc5ccc6cccc7c6c5c4c3-c3ccccc3-7)cc2)cc1. The molecule has 0 bridgehead atoms. The molecule has 1 nitrogen and oxygen atoms in total. The van der Waals surface area contributed by atoms with Crippen molar-refractivity contribution in [1.82, 2.24) is 0 Å². The van der Waals surface area contributed by atoms with Crippen molar-refractivity contribution in [3.05, 3.63) is 152 Å². The third-order valence-electron chi connectivity index (χ3n) is 8.60. The normalized spacial score (nSPS) is 11.8. The molecule has 9 rings (SSSR count). The van der Waals surface area contributed by atoms with Gasteiger partial charge in [0.1, 0.15) is 0 Å². The van der Waals surface area contributed by atoms with Crippen molar-refractivity contribution < 1.29 is 0 Å². The van der Waals surface area contributed by atoms with Gasteiger partial charge in [-0.2, -0.15) is 0 Å². The van der Waals surface area contributed by atoms with Crippen molar-refractivity contribution in [2.24, 2.45) is 0 Å². The van der Waals surface area contributed by atoms with Crippen LogP contribution in [0.25, 0.3) is 64.3 Å². The molecular weight excluding hydrogens is 527 g/mol. The highest BCUT2D eigenvalue weighted by atomic mass is 32.1. The third kappa shape index (κ3) is 3.43. The molecule has 8 aromatic rings. The van der Waals surface area contributed by atoms with Gasteiger partial charge in [0, 0.05) is 37.1 Å². The quantitative estimate of drug-likeness (QED) is 0.210. The van der Waals surface area contributed by atoms with Gasteiger partial charge in [0.15, 0.2) is 0 Å². The average Bonchev–Trinajstić information content (AvgIpc) is 3.39. The topological polar surface area (TPSA) is 3.24 Å². The Bertz CT molecular complexity index is 2280. The van der Waals surface area contributed by atoms with Crippen molar-refractivity contribution in [2.45, 2.75) is 0 Å². The summed E-state index contributed by atoms with van der Waals surface area (Å²) in [5.74, 6) is 0. The Morgan fingerprint density at radius 3 is 1.81 bits per heavy atom. The summed E-state index contributed by atoms with van der Waals surface area (Å²) in [6.45, 7) is 0. The Kier molecular flexibility index (Phi) is 5.13. The van der Waals surface area contributed by atoms with E-state index in [1.165, 1.54) is 70.0 Å². The van der Waals surface area contributed by atoms with E-state index in [-0.39, 0.29) is 0 Å². The Morgan fingerprint density at radius 1 is 0.381 bits per heavy atom. The maximum atomic E-state index is 2.43. The Hall–Kier alpha value is -5.18. The number of fused-ring (bicyclic) bond motifs is 3. The number of hydrogen-bond donors (Lipinski definition) is 0. The van der Waals surface area contributed by atoms with Gasteiger partial charge >= 0.3 is 0 Å². The van der Waals surface area contributed by atoms with Crippen LogP contribution >= 0.6 is 11.3 Å². The average molecular weight is 552 g/mol. The van der Waals surface area contributed by atoms with E-state index in [2.05, 4.69) is 157 Å². The van der Waals surface area contributed by atoms with Gasteiger partial charge < -0.3 is 4.90 Å². The molecule has 0 unspecified atom stereocenters. The number of anilines is 3. The summed E-state index contributed by atoms with van der Waals surface area (Å²) in [7, 11) is 0. The van der Waals surface area contributed by atoms with Gasteiger partial charge in [0.25, 0.3) is 0 Å². The molecule has 196 valence electrons. The molecule has 1 aliphatic carbocycles. The second-order valence-electron chi connectivity index (χ2n) is 10.9. The van der Waals surface area contributed by atoms with Gasteiger partial charge in [-0.3, -0.25) is 0 Å². The van der Waals surface area contributed by atoms with Crippen molar-refractivity contribution >= 4 is 59.3 Å². The zero-order valence-electron chi connectivity index (χ0n) is 22.8. The second-order valence-corrected chi connectivity index (χ2v) is 12.0. The Morgan fingerprint density at radius 2 is 1.00 bits per heavy atom. The van der Waals surface area contributed by atoms with Gasteiger partial charge in [-0.05, 0) is 81.1 Å². The summed E-state index contributed by atoms with van der Waals surface area (Å²) in [5.41, 5.74) is 11.1. The van der Waals surface area contributed by atoms with Gasteiger partial charge in [-0.25, -0.2) is 0 Å². The first-order valence-corrected chi connectivity index (χ1v) is 15.2. The van der Waals surface area contributed by atoms with Crippen LogP contribution in [0.1, 0.15) is 0 Å². The van der Waals surface area contributed by atoms with Crippen molar-refractivity contribution in [3.8, 4) is 33.4 Å². The molecule has 0 N–H and O–H groups in total. The lowest BCUT2D eigenvalue weighted by molar-refractivity contribution is 1.29. The molecule has 0 fully saturated rings. The number of thiophene rings is 1. The lowest BCUT2D eigenvalue weighted by Gasteiger charge is -2.29. The molecule has 42 heavy (non-hydrogen) atoms. The summed E-state index contributed by atoms with van der Waals surface area (Å²) in [4.78, 5) is 2.43. The highest BCUT2D eigenvalue weighted by molar-refractivity contribution is 7.26. The molecule has 0 amide bonds. The van der Waals surface area contributed by atoms with E-state index in [1.54, 1.807) is 0 Å². The van der Waals surface area contributed by atoms with E-state index >= 15 is 0 Å². The minimum atomic E-state index is 1.14. The van der Waals surface area contributed by atoms with Crippen molar-refractivity contribution in [3.63, 3.8) is 0 Å². The number of nitrogens with zero attached hydrogens (tertiary/aromatic N) is 1. The zero-order valence-corrected chi connectivity index (χ0v) is 23.6. The lowest BCUT2D eigenvalue weighted by atomic mass is 9.92. The second kappa shape index (κ2) is 9.17. The maximum Gasteiger partial charge on any atom is 0.0547 e. The third-order valence-corrected chi connectivity index (χ3v) is 9.72. The van der Waals surface area contributed by atoms with Crippen molar-refractivity contribution in [1.29, 1.82) is 0 Å². The predicted octanol–water partition coefficient (Wildman–Crippen LogP) is 12.0. The molecule has 0 saturated carbocycles. The van der Waals surface area contributed by atoms with E-state index < -0.39 is 0 Å². The van der Waals surface area contributed by atoms with E-state index in [1.807, 2.05) is 11.3 Å². The fourth-order valence-electron chi connectivity index (χ4n) is 6.77. The van der Waals surface area contributed by atoms with E-state index in [9.17, 15) is 0 Å². The van der Waals surface area contributed by atoms with Gasteiger partial charge in [0.05, 0.1) is 5.69 Å². The smallest absolute Gasteiger partial charge is 0.0547 e. The largest absolute Gasteiger partial charge is 0.310 e. The summed E-state index contributed by atoms with van der Waals surface area (Å²) in [6, 6.07) is 55.3. The fraction of sp³-hybridized carbons (Fsp3) is 0. The van der Waals surface area contributed by atoms with Gasteiger partial charge in [-0.15, -0.1) is 11.3 Å². The Labute approximate surface area is 248 Å². The van der Waals surface area contributed by atoms with Gasteiger partial charge in [0.2, 0.25) is 0 Å². The van der Waals surface area contributed by atoms with Crippen LogP contribution in [0.15, 0.2) is 152 Å². The van der Waals surface area contributed by atoms with Crippen LogP contribution < -0.4 is 4.90 Å². The first-order chi connectivity index (χ1) is 20.8. The standard InChI is InChI=1S/C40H25NS/c1-3-10-26(11-4-1)27-18-21-30(22-19-27)41(29-13-5-2-6-14-29)34-23-25-36-40-38(34)33-16-8-7-15-31(33)32-17-9-12-28-20-24-35(42-36)39(40)37(28)32/h1-25H. The molecule has 0 radical (unpaired) electrons. The minimum Gasteiger partial charge on any atom is -0.310 e. The van der Waals surface area contributed by atoms with Crippen LogP contribution in [-0.4, -0.2) is 0 Å². The highest BCUT2D eigenvalue weighted by Crippen LogP contribution is 2.54. The molecule has 2 heteroatoms. The number of hydrogen-bond acceptors (Lipinski definition) is 2. The minimum absolute atomic E-state index is 1.14. The van der Waals surface area contributed by atoms with Crippen LogP contribution in [0.5, 0.6) is 0 Å². The fourth-order valence-corrected chi connectivity index (χ4v) is 7.90. The zero-order chi connectivity index (χ0) is 27.6. The molecule has 0 aliphatic heterocycles. The molecular formula is C40H25NS. The van der Waals surface area contributed by atoms with Crippen LogP contribution in [0, 0.1) is 0 Å². The molecule has 7 aromatic carbocycles. The van der Waals surface area contributed by atoms with E-state index in [4.69, 9.17) is 0 Å². The molecule has 1 heterocycles. The summed E-state index contributed by atoms with van der Waals surface area (Å²) >= 11 is 1.90. The number of benzene rings is 7. The molecule has 1 aromatic heterocycles. The first kappa shape index (κ1) is 23.5. The summed E-state index contributed by atoms with van der Waals surface area (Å²) in [5, 5.41) is 5.40. The number of rotatable bonds is 4. The molecule has 1 aliphatic rings. The van der Waals surface area contributed by atoms with Crippen LogP contribution in [0.2, 0.25) is 0 Å². The molecule has 0 spiro atoms. The van der Waals surface area contributed by atoms with Crippen molar-refractivity contribution in [2.75, 3.05) is 4.90 Å². The van der Waals surface area contributed by atoms with Crippen LogP contribution in [-0.2, 0) is 0 Å². The molecule has 0 saturated heterocycles. The van der Waals surface area contributed by atoms with Gasteiger partial charge in [-0.1, -0.05) is 109 Å². The predicted molar refractivity (Wildman–Crippen MR) is 181 cm³/mol. The summed E-state index contributed by atoms with van der Waals surface area (Å²) in [6.07, 6.45) is 0. The summed E-state index contributed by atoms with van der Waals surface area (Å²) < 4.78 is 2.67. The number of para-hydroxylation sites is 1. The van der Waals surface area contributed by atoms with Crippen LogP contribution in [0.3, 0.4) is 0 Å². The van der Waals surface area contributed by atoms with Crippen LogP contribution in [0.4, 0.5) is 17.1 Å².